The largest absolute Gasteiger partial charge is 0.504 e. The average molecular weight is 282 g/mol. The molecule has 2 aliphatic carbocycles. The number of hydrogen-bond acceptors (Lipinski definition) is 4. The number of rotatable bonds is 0. The van der Waals surface area contributed by atoms with Crippen LogP contribution in [-0.2, 0) is 4.79 Å². The van der Waals surface area contributed by atoms with Crippen LogP contribution in [0.1, 0.15) is 6.42 Å². The Morgan fingerprint density at radius 3 is 2.47 bits per heavy atom. The summed E-state index contributed by atoms with van der Waals surface area (Å²) in [6, 6.07) is 0. The first-order chi connectivity index (χ1) is 7.88. The molecule has 0 aromatic carbocycles. The minimum atomic E-state index is -4.81. The summed E-state index contributed by atoms with van der Waals surface area (Å²) >= 11 is 2.89. The summed E-state index contributed by atoms with van der Waals surface area (Å²) in [6.07, 6.45) is -4.21. The SMILES string of the molecule is O=C1/C(=C(\O)C(F)(F)F)C2CC2C12SCCS2. The van der Waals surface area contributed by atoms with E-state index in [1.165, 1.54) is 23.5 Å². The van der Waals surface area contributed by atoms with E-state index >= 15 is 0 Å². The lowest BCUT2D eigenvalue weighted by Crippen LogP contribution is -2.30. The second-order valence-electron chi connectivity index (χ2n) is 4.40. The van der Waals surface area contributed by atoms with Gasteiger partial charge in [-0.2, -0.15) is 13.2 Å². The Labute approximate surface area is 104 Å². The summed E-state index contributed by atoms with van der Waals surface area (Å²) in [6.45, 7) is 0. The molecule has 2 atom stereocenters. The maximum atomic E-state index is 12.5. The summed E-state index contributed by atoms with van der Waals surface area (Å²) in [5.74, 6) is -0.963. The number of alkyl halides is 3. The summed E-state index contributed by atoms with van der Waals surface area (Å²) in [4.78, 5) is 12.1. The monoisotopic (exact) mass is 282 g/mol. The number of halogens is 3. The van der Waals surface area contributed by atoms with E-state index in [2.05, 4.69) is 0 Å². The van der Waals surface area contributed by atoms with Gasteiger partial charge in [0.15, 0.2) is 5.78 Å². The Morgan fingerprint density at radius 1 is 1.35 bits per heavy atom. The molecule has 1 saturated heterocycles. The highest BCUT2D eigenvalue weighted by Crippen LogP contribution is 2.70. The van der Waals surface area contributed by atoms with E-state index in [0.717, 1.165) is 11.5 Å². The molecule has 1 heterocycles. The van der Waals surface area contributed by atoms with Gasteiger partial charge in [-0.1, -0.05) is 0 Å². The average Bonchev–Trinajstić information content (AvgIpc) is 2.81. The number of carbonyl (C=O) groups excluding carboxylic acids is 1. The molecule has 0 aromatic heterocycles. The van der Waals surface area contributed by atoms with Gasteiger partial charge in [0.2, 0.25) is 5.76 Å². The van der Waals surface area contributed by atoms with Crippen molar-refractivity contribution in [2.24, 2.45) is 11.8 Å². The Bertz CT molecular complexity index is 424. The van der Waals surface area contributed by atoms with E-state index in [1.54, 1.807) is 0 Å². The fraction of sp³-hybridized carbons (Fsp3) is 0.700. The third kappa shape index (κ3) is 1.47. The van der Waals surface area contributed by atoms with Crippen molar-refractivity contribution in [1.29, 1.82) is 0 Å². The number of ketones is 1. The minimum absolute atomic E-state index is 0.00741. The van der Waals surface area contributed by atoms with Crippen molar-refractivity contribution in [3.63, 3.8) is 0 Å². The molecular weight excluding hydrogens is 273 g/mol. The molecule has 0 bridgehead atoms. The lowest BCUT2D eigenvalue weighted by Gasteiger charge is -2.21. The van der Waals surface area contributed by atoms with Gasteiger partial charge in [-0.3, -0.25) is 4.79 Å². The number of Topliss-reactive ketones (excluding diaryl/α,β-unsaturated/α-hetero) is 1. The zero-order valence-electron chi connectivity index (χ0n) is 8.58. The zero-order valence-corrected chi connectivity index (χ0v) is 10.2. The minimum Gasteiger partial charge on any atom is -0.504 e. The second-order valence-corrected chi connectivity index (χ2v) is 7.34. The van der Waals surface area contributed by atoms with Crippen molar-refractivity contribution in [1.82, 2.24) is 0 Å². The molecular formula is C10H9F3O2S2. The van der Waals surface area contributed by atoms with Crippen LogP contribution in [0.2, 0.25) is 0 Å². The highest BCUT2D eigenvalue weighted by Gasteiger charge is 2.69. The maximum absolute atomic E-state index is 12.5. The van der Waals surface area contributed by atoms with Crippen LogP contribution in [-0.4, -0.2) is 32.7 Å². The summed E-state index contributed by atoms with van der Waals surface area (Å²) in [5.41, 5.74) is -0.371. The van der Waals surface area contributed by atoms with Crippen LogP contribution in [0.15, 0.2) is 11.3 Å². The van der Waals surface area contributed by atoms with Gasteiger partial charge in [-0.15, -0.1) is 23.5 Å². The quantitative estimate of drug-likeness (QED) is 0.547. The van der Waals surface area contributed by atoms with Gasteiger partial charge in [-0.25, -0.2) is 0 Å². The number of allylic oxidation sites excluding steroid dienone is 2. The van der Waals surface area contributed by atoms with Gasteiger partial charge in [-0.05, 0) is 18.3 Å². The number of fused-ring (bicyclic) bond motifs is 2. The fourth-order valence-corrected chi connectivity index (χ4v) is 6.21. The van der Waals surface area contributed by atoms with Crippen molar-refractivity contribution in [3.05, 3.63) is 11.3 Å². The Kier molecular flexibility index (Phi) is 2.34. The summed E-state index contributed by atoms with van der Waals surface area (Å²) < 4.78 is 36.7. The lowest BCUT2D eigenvalue weighted by atomic mass is 10.1. The summed E-state index contributed by atoms with van der Waals surface area (Å²) in [5, 5.41) is 9.21. The second kappa shape index (κ2) is 3.38. The molecule has 2 unspecified atom stereocenters. The van der Waals surface area contributed by atoms with E-state index in [1.807, 2.05) is 0 Å². The Hall–Kier alpha value is -0.300. The molecule has 0 amide bonds. The first-order valence-electron chi connectivity index (χ1n) is 5.21. The van der Waals surface area contributed by atoms with Gasteiger partial charge >= 0.3 is 6.18 Å². The first-order valence-corrected chi connectivity index (χ1v) is 7.18. The number of carbonyl (C=O) groups is 1. The highest BCUT2D eigenvalue weighted by atomic mass is 32.2. The molecule has 0 radical (unpaired) electrons. The Morgan fingerprint density at radius 2 is 1.94 bits per heavy atom. The normalized spacial score (nSPS) is 37.5. The molecule has 3 fully saturated rings. The lowest BCUT2D eigenvalue weighted by molar-refractivity contribution is -0.127. The van der Waals surface area contributed by atoms with Gasteiger partial charge in [0.1, 0.15) is 4.08 Å². The van der Waals surface area contributed by atoms with Crippen LogP contribution in [0.3, 0.4) is 0 Å². The van der Waals surface area contributed by atoms with Crippen molar-refractivity contribution in [2.75, 3.05) is 11.5 Å². The molecule has 3 aliphatic rings. The molecule has 1 spiro atoms. The molecule has 1 aliphatic heterocycles. The number of thioether (sulfide) groups is 2. The molecule has 94 valence electrons. The van der Waals surface area contributed by atoms with E-state index < -0.39 is 21.8 Å². The fourth-order valence-electron chi connectivity index (χ4n) is 2.67. The molecule has 7 heteroatoms. The van der Waals surface area contributed by atoms with Crippen LogP contribution in [0.4, 0.5) is 13.2 Å². The van der Waals surface area contributed by atoms with Crippen molar-refractivity contribution in [3.8, 4) is 0 Å². The summed E-state index contributed by atoms with van der Waals surface area (Å²) in [7, 11) is 0. The predicted octanol–water partition coefficient (Wildman–Crippen LogP) is 2.76. The standard InChI is InChI=1S/C10H9F3O2S2/c11-10(12,13)8(15)6-4-3-5(4)9(7(6)14)16-1-2-17-9/h4-5,15H,1-3H2/b8-6-. The third-order valence-electron chi connectivity index (χ3n) is 3.45. The number of aliphatic hydroxyl groups excluding tert-OH is 1. The highest BCUT2D eigenvalue weighted by molar-refractivity contribution is 8.22. The topological polar surface area (TPSA) is 37.3 Å². The molecule has 3 rings (SSSR count). The van der Waals surface area contributed by atoms with E-state index in [-0.39, 0.29) is 17.4 Å². The number of hydrogen-bond donors (Lipinski definition) is 1. The first kappa shape index (κ1) is 11.8. The number of aliphatic hydroxyl groups is 1. The van der Waals surface area contributed by atoms with Crippen LogP contribution in [0.5, 0.6) is 0 Å². The predicted molar refractivity (Wildman–Crippen MR) is 60.0 cm³/mol. The zero-order chi connectivity index (χ0) is 12.4. The van der Waals surface area contributed by atoms with Gasteiger partial charge in [0.25, 0.3) is 0 Å². The van der Waals surface area contributed by atoms with Crippen LogP contribution in [0, 0.1) is 11.8 Å². The molecule has 0 aromatic rings. The van der Waals surface area contributed by atoms with Crippen molar-refractivity contribution in [2.45, 2.75) is 16.7 Å². The maximum Gasteiger partial charge on any atom is 0.449 e. The molecule has 1 N–H and O–H groups in total. The van der Waals surface area contributed by atoms with Crippen molar-refractivity contribution >= 4 is 29.3 Å². The van der Waals surface area contributed by atoms with Gasteiger partial charge in [0.05, 0.1) is 0 Å². The van der Waals surface area contributed by atoms with Crippen molar-refractivity contribution < 1.29 is 23.1 Å². The van der Waals surface area contributed by atoms with E-state index in [0.29, 0.717) is 6.42 Å². The Balaban J connectivity index is 2.03. The third-order valence-corrected chi connectivity index (χ3v) is 7.07. The van der Waals surface area contributed by atoms with Gasteiger partial charge < -0.3 is 5.11 Å². The molecule has 2 nitrogen and oxygen atoms in total. The van der Waals surface area contributed by atoms with E-state index in [4.69, 9.17) is 0 Å². The van der Waals surface area contributed by atoms with E-state index in [9.17, 15) is 23.1 Å². The van der Waals surface area contributed by atoms with Crippen LogP contribution >= 0.6 is 23.5 Å². The van der Waals surface area contributed by atoms with Crippen LogP contribution < -0.4 is 0 Å². The smallest absolute Gasteiger partial charge is 0.449 e. The molecule has 17 heavy (non-hydrogen) atoms. The molecule has 2 saturated carbocycles. The van der Waals surface area contributed by atoms with Gasteiger partial charge in [0, 0.05) is 17.1 Å². The van der Waals surface area contributed by atoms with Crippen LogP contribution in [0.25, 0.3) is 0 Å².